The molecule has 0 fully saturated rings. The summed E-state index contributed by atoms with van der Waals surface area (Å²) in [5.41, 5.74) is 3.56. The quantitative estimate of drug-likeness (QED) is 0.579. The van der Waals surface area contributed by atoms with Crippen LogP contribution in [0, 0.1) is 0 Å². The molecule has 2 N–H and O–H groups in total. The fourth-order valence-corrected chi connectivity index (χ4v) is 2.71. The van der Waals surface area contributed by atoms with Gasteiger partial charge in [-0.3, -0.25) is 4.79 Å². The lowest BCUT2D eigenvalue weighted by Crippen LogP contribution is -2.22. The second kappa shape index (κ2) is 5.47. The highest BCUT2D eigenvalue weighted by atomic mass is 79.9. The molecule has 0 aliphatic carbocycles. The Morgan fingerprint density at radius 2 is 2.04 bits per heavy atom. The summed E-state index contributed by atoms with van der Waals surface area (Å²) in [6.45, 7) is 0.356. The molecule has 114 valence electrons. The average molecular weight is 371 g/mol. The first-order chi connectivity index (χ1) is 11.2. The van der Waals surface area contributed by atoms with Gasteiger partial charge < -0.3 is 9.72 Å². The van der Waals surface area contributed by atoms with Crippen molar-refractivity contribution >= 4 is 38.5 Å². The van der Waals surface area contributed by atoms with Gasteiger partial charge in [-0.05, 0) is 46.3 Å². The maximum Gasteiger partial charge on any atom is 0.251 e. The molecule has 0 saturated carbocycles. The number of rotatable bonds is 3. The average Bonchev–Trinajstić information content (AvgIpc) is 3.17. The molecule has 0 bridgehead atoms. The molecule has 1 aromatic carbocycles. The predicted molar refractivity (Wildman–Crippen MR) is 88.0 cm³/mol. The minimum atomic E-state index is -0.173. The van der Waals surface area contributed by atoms with Crippen LogP contribution in [-0.4, -0.2) is 30.7 Å². The first-order valence-corrected chi connectivity index (χ1v) is 7.70. The molecular formula is C15H11BrN6O. The number of nitrogens with one attached hydrogen (secondary N) is 2. The normalized spacial score (nSPS) is 11.2. The SMILES string of the molecule is O=C(NCc1cn2cc(Br)ccc2n1)c1ccc2n[nH]nc2c1. The number of benzene rings is 1. The number of amides is 1. The molecule has 4 rings (SSSR count). The Hall–Kier alpha value is -2.74. The third kappa shape index (κ3) is 2.68. The monoisotopic (exact) mass is 370 g/mol. The van der Waals surface area contributed by atoms with E-state index in [2.05, 4.69) is 41.6 Å². The van der Waals surface area contributed by atoms with E-state index in [4.69, 9.17) is 0 Å². The van der Waals surface area contributed by atoms with Crippen LogP contribution in [0.4, 0.5) is 0 Å². The van der Waals surface area contributed by atoms with Crippen molar-refractivity contribution in [1.82, 2.24) is 30.1 Å². The van der Waals surface area contributed by atoms with E-state index in [1.165, 1.54) is 0 Å². The lowest BCUT2D eigenvalue weighted by molar-refractivity contribution is 0.0950. The van der Waals surface area contributed by atoms with Crippen molar-refractivity contribution in [3.8, 4) is 0 Å². The summed E-state index contributed by atoms with van der Waals surface area (Å²) in [6, 6.07) is 9.03. The zero-order chi connectivity index (χ0) is 15.8. The minimum Gasteiger partial charge on any atom is -0.346 e. The largest absolute Gasteiger partial charge is 0.346 e. The fourth-order valence-electron chi connectivity index (χ4n) is 2.36. The third-order valence-electron chi connectivity index (χ3n) is 3.47. The lowest BCUT2D eigenvalue weighted by atomic mass is 10.2. The molecule has 0 aliphatic heterocycles. The summed E-state index contributed by atoms with van der Waals surface area (Å²) >= 11 is 3.42. The summed E-state index contributed by atoms with van der Waals surface area (Å²) in [5, 5.41) is 13.3. The smallest absolute Gasteiger partial charge is 0.251 e. The number of carbonyl (C=O) groups is 1. The van der Waals surface area contributed by atoms with Gasteiger partial charge in [0.15, 0.2) is 0 Å². The molecule has 0 unspecified atom stereocenters. The molecule has 0 saturated heterocycles. The van der Waals surface area contributed by atoms with Gasteiger partial charge in [0.1, 0.15) is 16.7 Å². The molecule has 3 heterocycles. The number of aromatic nitrogens is 5. The number of hydrogen-bond acceptors (Lipinski definition) is 4. The van der Waals surface area contributed by atoms with Crippen LogP contribution in [0.5, 0.6) is 0 Å². The fraction of sp³-hybridized carbons (Fsp3) is 0.0667. The van der Waals surface area contributed by atoms with Crippen LogP contribution < -0.4 is 5.32 Å². The van der Waals surface area contributed by atoms with E-state index in [-0.39, 0.29) is 5.91 Å². The second-order valence-corrected chi connectivity index (χ2v) is 5.97. The minimum absolute atomic E-state index is 0.173. The number of pyridine rings is 1. The summed E-state index contributed by atoms with van der Waals surface area (Å²) in [4.78, 5) is 16.7. The van der Waals surface area contributed by atoms with Crippen LogP contribution in [-0.2, 0) is 6.54 Å². The second-order valence-electron chi connectivity index (χ2n) is 5.05. The number of nitrogens with zero attached hydrogens (tertiary/aromatic N) is 4. The van der Waals surface area contributed by atoms with Gasteiger partial charge in [-0.1, -0.05) is 0 Å². The highest BCUT2D eigenvalue weighted by Gasteiger charge is 2.09. The van der Waals surface area contributed by atoms with Crippen molar-refractivity contribution < 1.29 is 4.79 Å². The van der Waals surface area contributed by atoms with Gasteiger partial charge in [0.25, 0.3) is 5.91 Å². The van der Waals surface area contributed by atoms with Gasteiger partial charge in [0.05, 0.1) is 12.2 Å². The molecule has 0 atom stereocenters. The number of imidazole rings is 1. The Morgan fingerprint density at radius 1 is 1.17 bits per heavy atom. The highest BCUT2D eigenvalue weighted by molar-refractivity contribution is 9.10. The van der Waals surface area contributed by atoms with E-state index in [9.17, 15) is 4.79 Å². The number of fused-ring (bicyclic) bond motifs is 2. The van der Waals surface area contributed by atoms with Crippen LogP contribution in [0.15, 0.2) is 47.2 Å². The Morgan fingerprint density at radius 3 is 2.96 bits per heavy atom. The van der Waals surface area contributed by atoms with Gasteiger partial charge in [0, 0.05) is 22.4 Å². The Labute approximate surface area is 138 Å². The Balaban J connectivity index is 1.51. The van der Waals surface area contributed by atoms with Gasteiger partial charge >= 0.3 is 0 Å². The number of carbonyl (C=O) groups excluding carboxylic acids is 1. The molecule has 3 aromatic heterocycles. The van der Waals surface area contributed by atoms with Crippen LogP contribution >= 0.6 is 15.9 Å². The van der Waals surface area contributed by atoms with Crippen molar-refractivity contribution in [2.75, 3.05) is 0 Å². The lowest BCUT2D eigenvalue weighted by Gasteiger charge is -2.02. The molecule has 7 nitrogen and oxygen atoms in total. The third-order valence-corrected chi connectivity index (χ3v) is 3.94. The molecule has 0 radical (unpaired) electrons. The first kappa shape index (κ1) is 13.9. The number of hydrogen-bond donors (Lipinski definition) is 2. The van der Waals surface area contributed by atoms with E-state index in [0.717, 1.165) is 21.3 Å². The topological polar surface area (TPSA) is 88.0 Å². The van der Waals surface area contributed by atoms with Gasteiger partial charge in [0.2, 0.25) is 0 Å². The summed E-state index contributed by atoms with van der Waals surface area (Å²) in [6.07, 6.45) is 3.81. The Kier molecular flexibility index (Phi) is 3.30. The summed E-state index contributed by atoms with van der Waals surface area (Å²) < 4.78 is 2.88. The van der Waals surface area contributed by atoms with Crippen molar-refractivity contribution in [2.45, 2.75) is 6.54 Å². The predicted octanol–water partition coefficient (Wildman–Crippen LogP) is 2.30. The zero-order valence-electron chi connectivity index (χ0n) is 11.8. The number of H-pyrrole nitrogens is 1. The van der Waals surface area contributed by atoms with Crippen LogP contribution in [0.25, 0.3) is 16.7 Å². The van der Waals surface area contributed by atoms with Crippen LogP contribution in [0.1, 0.15) is 16.1 Å². The van der Waals surface area contributed by atoms with Crippen molar-refractivity contribution in [3.05, 3.63) is 58.5 Å². The van der Waals surface area contributed by atoms with Crippen LogP contribution in [0.3, 0.4) is 0 Å². The van der Waals surface area contributed by atoms with E-state index in [0.29, 0.717) is 17.6 Å². The molecule has 8 heteroatoms. The highest BCUT2D eigenvalue weighted by Crippen LogP contribution is 2.13. The standard InChI is InChI=1S/C15H11BrN6O/c16-10-2-4-14-18-11(8-22(14)7-10)6-17-15(23)9-1-3-12-13(5-9)20-21-19-12/h1-5,7-8H,6H2,(H,17,23)(H,19,20,21). The maximum absolute atomic E-state index is 12.2. The van der Waals surface area contributed by atoms with Gasteiger partial charge in [-0.2, -0.15) is 15.4 Å². The van der Waals surface area contributed by atoms with Gasteiger partial charge in [-0.15, -0.1) is 0 Å². The Bertz CT molecular complexity index is 1020. The molecule has 1 amide bonds. The number of halogens is 1. The van der Waals surface area contributed by atoms with Crippen molar-refractivity contribution in [2.24, 2.45) is 0 Å². The van der Waals surface area contributed by atoms with E-state index < -0.39 is 0 Å². The molecule has 23 heavy (non-hydrogen) atoms. The number of aromatic amines is 1. The molecule has 0 spiro atoms. The van der Waals surface area contributed by atoms with Gasteiger partial charge in [-0.25, -0.2) is 4.98 Å². The summed E-state index contributed by atoms with van der Waals surface area (Å²) in [5.74, 6) is -0.173. The molecule has 4 aromatic rings. The van der Waals surface area contributed by atoms with Crippen molar-refractivity contribution in [3.63, 3.8) is 0 Å². The van der Waals surface area contributed by atoms with E-state index >= 15 is 0 Å². The van der Waals surface area contributed by atoms with Crippen LogP contribution in [0.2, 0.25) is 0 Å². The first-order valence-electron chi connectivity index (χ1n) is 6.91. The maximum atomic E-state index is 12.2. The van der Waals surface area contributed by atoms with E-state index in [1.807, 2.05) is 28.9 Å². The molecular weight excluding hydrogens is 360 g/mol. The molecule has 0 aliphatic rings. The summed E-state index contributed by atoms with van der Waals surface area (Å²) in [7, 11) is 0. The van der Waals surface area contributed by atoms with E-state index in [1.54, 1.807) is 18.2 Å². The zero-order valence-corrected chi connectivity index (χ0v) is 13.4. The van der Waals surface area contributed by atoms with Crippen molar-refractivity contribution in [1.29, 1.82) is 0 Å².